The van der Waals surface area contributed by atoms with Gasteiger partial charge in [-0.3, -0.25) is 4.79 Å². The number of rotatable bonds is 5. The Morgan fingerprint density at radius 2 is 2.05 bits per heavy atom. The number of amides is 1. The molecular weight excluding hydrogens is 288 g/mol. The highest BCUT2D eigenvalue weighted by atomic mass is 35.5. The molecule has 1 amide bonds. The van der Waals surface area contributed by atoms with Gasteiger partial charge in [0.15, 0.2) is 0 Å². The molecule has 2 N–H and O–H groups in total. The molecule has 1 saturated carbocycles. The molecule has 0 spiro atoms. The molecule has 3 rings (SSSR count). The predicted molar refractivity (Wildman–Crippen MR) is 84.9 cm³/mol. The number of carbonyl (C=O) groups is 1. The third kappa shape index (κ3) is 4.61. The summed E-state index contributed by atoms with van der Waals surface area (Å²) in [6.07, 6.45) is 4.52. The van der Waals surface area contributed by atoms with Gasteiger partial charge in [0, 0.05) is 5.56 Å². The van der Waals surface area contributed by atoms with E-state index in [9.17, 15) is 4.79 Å². The SMILES string of the molecule is Cl.O=C(CNCC1CC1)NC1CCCOc2ccccc21. The summed E-state index contributed by atoms with van der Waals surface area (Å²) in [5.41, 5.74) is 1.10. The maximum atomic E-state index is 12.0. The number of carbonyl (C=O) groups excluding carboxylic acids is 1. The summed E-state index contributed by atoms with van der Waals surface area (Å²) in [4.78, 5) is 12.0. The minimum atomic E-state index is 0. The number of fused-ring (bicyclic) bond motifs is 1. The number of halogens is 1. The Bertz CT molecular complexity index is 477. The maximum Gasteiger partial charge on any atom is 0.234 e. The van der Waals surface area contributed by atoms with E-state index in [2.05, 4.69) is 10.6 Å². The molecule has 1 aromatic rings. The molecule has 2 aliphatic rings. The summed E-state index contributed by atoms with van der Waals surface area (Å²) < 4.78 is 5.71. The highest BCUT2D eigenvalue weighted by Gasteiger charge is 2.22. The molecule has 1 unspecified atom stereocenters. The lowest BCUT2D eigenvalue weighted by molar-refractivity contribution is -0.121. The van der Waals surface area contributed by atoms with Crippen molar-refractivity contribution in [3.05, 3.63) is 29.8 Å². The molecule has 0 saturated heterocycles. The van der Waals surface area contributed by atoms with Crippen LogP contribution >= 0.6 is 12.4 Å². The summed E-state index contributed by atoms with van der Waals surface area (Å²) in [7, 11) is 0. The highest BCUT2D eigenvalue weighted by Crippen LogP contribution is 2.31. The Morgan fingerprint density at radius 3 is 2.86 bits per heavy atom. The van der Waals surface area contributed by atoms with Gasteiger partial charge in [-0.15, -0.1) is 12.4 Å². The average Bonchev–Trinajstić information content (AvgIpc) is 3.27. The third-order valence-corrected chi connectivity index (χ3v) is 3.94. The molecule has 116 valence electrons. The molecule has 21 heavy (non-hydrogen) atoms. The monoisotopic (exact) mass is 310 g/mol. The van der Waals surface area contributed by atoms with Crippen LogP contribution in [0.3, 0.4) is 0 Å². The second-order valence-electron chi connectivity index (χ2n) is 5.72. The minimum absolute atomic E-state index is 0. The Morgan fingerprint density at radius 1 is 1.24 bits per heavy atom. The van der Waals surface area contributed by atoms with E-state index in [1.54, 1.807) is 0 Å². The van der Waals surface area contributed by atoms with Gasteiger partial charge < -0.3 is 15.4 Å². The fourth-order valence-electron chi connectivity index (χ4n) is 2.63. The van der Waals surface area contributed by atoms with E-state index < -0.39 is 0 Å². The number of para-hydroxylation sites is 1. The third-order valence-electron chi connectivity index (χ3n) is 3.94. The van der Waals surface area contributed by atoms with Crippen LogP contribution in [0.15, 0.2) is 24.3 Å². The zero-order chi connectivity index (χ0) is 13.8. The molecule has 1 aromatic carbocycles. The van der Waals surface area contributed by atoms with E-state index >= 15 is 0 Å². The van der Waals surface area contributed by atoms with Crippen LogP contribution in [0, 0.1) is 5.92 Å². The standard InChI is InChI=1S/C16H22N2O2.ClH/c19-16(11-17-10-12-7-8-12)18-14-5-3-9-20-15-6-2-1-4-13(14)15;/h1-2,4,6,12,14,17H,3,5,7-11H2,(H,18,19);1H. The van der Waals surface area contributed by atoms with Gasteiger partial charge in [-0.1, -0.05) is 18.2 Å². The smallest absolute Gasteiger partial charge is 0.234 e. The van der Waals surface area contributed by atoms with E-state index in [4.69, 9.17) is 4.74 Å². The van der Waals surface area contributed by atoms with Gasteiger partial charge in [0.05, 0.1) is 19.2 Å². The lowest BCUT2D eigenvalue weighted by atomic mass is 10.0. The number of nitrogens with one attached hydrogen (secondary N) is 2. The van der Waals surface area contributed by atoms with Crippen molar-refractivity contribution in [1.29, 1.82) is 0 Å². The Balaban J connectivity index is 0.00000161. The number of benzene rings is 1. The molecule has 1 aliphatic carbocycles. The van der Waals surface area contributed by atoms with Crippen molar-refractivity contribution in [2.24, 2.45) is 5.92 Å². The molecule has 0 radical (unpaired) electrons. The van der Waals surface area contributed by atoms with E-state index in [1.165, 1.54) is 12.8 Å². The van der Waals surface area contributed by atoms with Crippen molar-refractivity contribution in [3.63, 3.8) is 0 Å². The highest BCUT2D eigenvalue weighted by molar-refractivity contribution is 5.85. The van der Waals surface area contributed by atoms with Crippen molar-refractivity contribution in [1.82, 2.24) is 10.6 Å². The first-order chi connectivity index (χ1) is 9.83. The van der Waals surface area contributed by atoms with Crippen molar-refractivity contribution in [3.8, 4) is 5.75 Å². The summed E-state index contributed by atoms with van der Waals surface area (Å²) >= 11 is 0. The summed E-state index contributed by atoms with van der Waals surface area (Å²) in [5.74, 6) is 1.78. The van der Waals surface area contributed by atoms with Crippen LogP contribution in [-0.2, 0) is 4.79 Å². The average molecular weight is 311 g/mol. The topological polar surface area (TPSA) is 50.4 Å². The van der Waals surface area contributed by atoms with Crippen LogP contribution in [0.4, 0.5) is 0 Å². The van der Waals surface area contributed by atoms with Crippen LogP contribution < -0.4 is 15.4 Å². The van der Waals surface area contributed by atoms with Crippen LogP contribution in [-0.4, -0.2) is 25.6 Å². The predicted octanol–water partition coefficient (Wildman–Crippen LogP) is 2.44. The van der Waals surface area contributed by atoms with Gasteiger partial charge in [-0.05, 0) is 44.2 Å². The van der Waals surface area contributed by atoms with Crippen LogP contribution in [0.25, 0.3) is 0 Å². The first-order valence-corrected chi connectivity index (χ1v) is 7.55. The minimum Gasteiger partial charge on any atom is -0.493 e. The number of hydrogen-bond donors (Lipinski definition) is 2. The molecule has 1 heterocycles. The quantitative estimate of drug-likeness (QED) is 0.878. The van der Waals surface area contributed by atoms with Gasteiger partial charge in [0.2, 0.25) is 5.91 Å². The summed E-state index contributed by atoms with van der Waals surface area (Å²) in [6.45, 7) is 2.11. The van der Waals surface area contributed by atoms with Gasteiger partial charge in [-0.2, -0.15) is 0 Å². The van der Waals surface area contributed by atoms with E-state index in [-0.39, 0.29) is 24.4 Å². The van der Waals surface area contributed by atoms with Gasteiger partial charge in [-0.25, -0.2) is 0 Å². The first kappa shape index (κ1) is 16.1. The molecule has 5 heteroatoms. The van der Waals surface area contributed by atoms with Crippen molar-refractivity contribution in [2.45, 2.75) is 31.7 Å². The summed E-state index contributed by atoms with van der Waals surface area (Å²) in [5, 5.41) is 6.36. The van der Waals surface area contributed by atoms with Gasteiger partial charge in [0.1, 0.15) is 5.75 Å². The van der Waals surface area contributed by atoms with Crippen LogP contribution in [0.5, 0.6) is 5.75 Å². The second kappa shape index (κ2) is 7.66. The maximum absolute atomic E-state index is 12.0. The van der Waals surface area contributed by atoms with Crippen molar-refractivity contribution in [2.75, 3.05) is 19.7 Å². The summed E-state index contributed by atoms with van der Waals surface area (Å²) in [6, 6.07) is 8.07. The van der Waals surface area contributed by atoms with Gasteiger partial charge >= 0.3 is 0 Å². The lowest BCUT2D eigenvalue weighted by Gasteiger charge is -2.18. The Labute approximate surface area is 132 Å². The molecule has 1 fully saturated rings. The zero-order valence-electron chi connectivity index (χ0n) is 12.1. The zero-order valence-corrected chi connectivity index (χ0v) is 13.0. The van der Waals surface area contributed by atoms with Crippen LogP contribution in [0.1, 0.15) is 37.3 Å². The number of ether oxygens (including phenoxy) is 1. The van der Waals surface area contributed by atoms with E-state index in [1.807, 2.05) is 24.3 Å². The van der Waals surface area contributed by atoms with Crippen molar-refractivity contribution >= 4 is 18.3 Å². The second-order valence-corrected chi connectivity index (χ2v) is 5.72. The molecule has 0 bridgehead atoms. The van der Waals surface area contributed by atoms with Crippen molar-refractivity contribution < 1.29 is 9.53 Å². The Kier molecular flexibility index (Phi) is 5.88. The molecule has 1 aliphatic heterocycles. The fourth-order valence-corrected chi connectivity index (χ4v) is 2.63. The molecular formula is C16H23ClN2O2. The molecule has 1 atom stereocenters. The fraction of sp³-hybridized carbons (Fsp3) is 0.562. The van der Waals surface area contributed by atoms with Crippen LogP contribution in [0.2, 0.25) is 0 Å². The molecule has 0 aromatic heterocycles. The Hall–Kier alpha value is -1.26. The van der Waals surface area contributed by atoms with E-state index in [0.717, 1.165) is 43.2 Å². The lowest BCUT2D eigenvalue weighted by Crippen LogP contribution is -2.36. The normalized spacial score (nSPS) is 20.5. The number of hydrogen-bond acceptors (Lipinski definition) is 3. The van der Waals surface area contributed by atoms with Gasteiger partial charge in [0.25, 0.3) is 0 Å². The molecule has 4 nitrogen and oxygen atoms in total. The van der Waals surface area contributed by atoms with E-state index in [0.29, 0.717) is 6.54 Å². The largest absolute Gasteiger partial charge is 0.493 e. The first-order valence-electron chi connectivity index (χ1n) is 7.55.